The zero-order valence-electron chi connectivity index (χ0n) is 10.9. The van der Waals surface area contributed by atoms with Crippen molar-refractivity contribution >= 4 is 11.9 Å². The first-order valence-corrected chi connectivity index (χ1v) is 6.68. The van der Waals surface area contributed by atoms with Crippen molar-refractivity contribution in [1.82, 2.24) is 20.3 Å². The van der Waals surface area contributed by atoms with Crippen LogP contribution in [-0.4, -0.2) is 50.7 Å². The van der Waals surface area contributed by atoms with Crippen molar-refractivity contribution in [2.24, 2.45) is 5.92 Å². The lowest BCUT2D eigenvalue weighted by Gasteiger charge is -2.18. The molecule has 8 nitrogen and oxygen atoms in total. The van der Waals surface area contributed by atoms with E-state index in [4.69, 9.17) is 9.84 Å². The summed E-state index contributed by atoms with van der Waals surface area (Å²) in [4.78, 5) is 22.6. The first-order chi connectivity index (χ1) is 9.63. The molecule has 1 saturated carbocycles. The van der Waals surface area contributed by atoms with Gasteiger partial charge in [-0.25, -0.2) is 4.68 Å². The van der Waals surface area contributed by atoms with Gasteiger partial charge in [-0.05, 0) is 25.2 Å². The van der Waals surface area contributed by atoms with Gasteiger partial charge in [-0.2, -0.15) is 0 Å². The molecule has 1 aliphatic heterocycles. The van der Waals surface area contributed by atoms with Crippen LogP contribution in [0.3, 0.4) is 0 Å². The fourth-order valence-electron chi connectivity index (χ4n) is 2.52. The van der Waals surface area contributed by atoms with Crippen molar-refractivity contribution in [3.05, 3.63) is 11.9 Å². The average Bonchev–Trinajstić information content (AvgIpc) is 2.95. The summed E-state index contributed by atoms with van der Waals surface area (Å²) in [7, 11) is 0. The number of nitrogens with zero attached hydrogens (tertiary/aromatic N) is 3. The average molecular weight is 280 g/mol. The van der Waals surface area contributed by atoms with Gasteiger partial charge in [0.2, 0.25) is 0 Å². The lowest BCUT2D eigenvalue weighted by Crippen LogP contribution is -2.41. The van der Waals surface area contributed by atoms with Crippen molar-refractivity contribution < 1.29 is 19.4 Å². The first-order valence-electron chi connectivity index (χ1n) is 6.68. The number of carboxylic acid groups (broad SMARTS) is 1. The topological polar surface area (TPSA) is 106 Å². The van der Waals surface area contributed by atoms with Crippen molar-refractivity contribution in [3.8, 4) is 0 Å². The van der Waals surface area contributed by atoms with Gasteiger partial charge >= 0.3 is 5.97 Å². The summed E-state index contributed by atoms with van der Waals surface area (Å²) in [5.74, 6) is -0.798. The molecule has 0 bridgehead atoms. The Labute approximate surface area is 115 Å². The van der Waals surface area contributed by atoms with E-state index in [2.05, 4.69) is 15.6 Å². The second kappa shape index (κ2) is 5.20. The Balaban J connectivity index is 1.60. The molecular formula is C12H16N4O4. The lowest BCUT2D eigenvalue weighted by atomic mass is 10.1. The standard InChI is InChI=1S/C12H16N4O4/c17-10(18)6-16-5-9(14-15-16)12(19)13-8-3-4-20-11(8)7-1-2-7/h5,7-8,11H,1-4,6H2,(H,13,19)(H,17,18). The second-order valence-corrected chi connectivity index (χ2v) is 5.24. The van der Waals surface area contributed by atoms with E-state index in [0.29, 0.717) is 12.5 Å². The van der Waals surface area contributed by atoms with Crippen LogP contribution in [0.1, 0.15) is 29.8 Å². The van der Waals surface area contributed by atoms with Crippen molar-refractivity contribution in [2.75, 3.05) is 6.61 Å². The number of nitrogens with one attached hydrogen (secondary N) is 1. The third-order valence-corrected chi connectivity index (χ3v) is 3.61. The van der Waals surface area contributed by atoms with Gasteiger partial charge in [0.25, 0.3) is 5.91 Å². The SMILES string of the molecule is O=C(O)Cn1cc(C(=O)NC2CCOC2C2CC2)nn1. The van der Waals surface area contributed by atoms with E-state index in [1.165, 1.54) is 6.20 Å². The smallest absolute Gasteiger partial charge is 0.325 e. The molecule has 2 fully saturated rings. The van der Waals surface area contributed by atoms with Crippen LogP contribution in [0.4, 0.5) is 0 Å². The molecule has 1 aromatic rings. The van der Waals surface area contributed by atoms with Crippen LogP contribution in [0.5, 0.6) is 0 Å². The monoisotopic (exact) mass is 280 g/mol. The first kappa shape index (κ1) is 13.0. The van der Waals surface area contributed by atoms with E-state index in [0.717, 1.165) is 23.9 Å². The number of aliphatic carboxylic acids is 1. The predicted octanol–water partition coefficient (Wildman–Crippen LogP) is -0.340. The van der Waals surface area contributed by atoms with E-state index >= 15 is 0 Å². The number of carboxylic acids is 1. The molecule has 2 unspecified atom stereocenters. The number of amides is 1. The minimum Gasteiger partial charge on any atom is -0.480 e. The molecule has 2 heterocycles. The van der Waals surface area contributed by atoms with Crippen molar-refractivity contribution in [2.45, 2.75) is 38.0 Å². The summed E-state index contributed by atoms with van der Waals surface area (Å²) >= 11 is 0. The van der Waals surface area contributed by atoms with Crippen LogP contribution in [0.2, 0.25) is 0 Å². The van der Waals surface area contributed by atoms with Gasteiger partial charge in [-0.1, -0.05) is 5.21 Å². The molecule has 2 aliphatic rings. The molecule has 0 spiro atoms. The molecule has 20 heavy (non-hydrogen) atoms. The van der Waals surface area contributed by atoms with Crippen LogP contribution in [0, 0.1) is 5.92 Å². The van der Waals surface area contributed by atoms with Crippen LogP contribution < -0.4 is 5.32 Å². The summed E-state index contributed by atoms with van der Waals surface area (Å²) in [6.07, 6.45) is 4.56. The lowest BCUT2D eigenvalue weighted by molar-refractivity contribution is -0.137. The maximum absolute atomic E-state index is 12.1. The zero-order valence-corrected chi connectivity index (χ0v) is 10.9. The molecule has 8 heteroatoms. The quantitative estimate of drug-likeness (QED) is 0.764. The zero-order chi connectivity index (χ0) is 14.1. The molecule has 1 amide bonds. The summed E-state index contributed by atoms with van der Waals surface area (Å²) in [6, 6.07) is 0.0135. The number of aromatic nitrogens is 3. The van der Waals surface area contributed by atoms with Crippen LogP contribution in [-0.2, 0) is 16.1 Å². The number of rotatable bonds is 5. The number of ether oxygens (including phenoxy) is 1. The van der Waals surface area contributed by atoms with E-state index < -0.39 is 5.97 Å². The molecule has 2 N–H and O–H groups in total. The van der Waals surface area contributed by atoms with Gasteiger partial charge in [0.15, 0.2) is 5.69 Å². The normalized spacial score (nSPS) is 25.6. The third kappa shape index (κ3) is 2.79. The van der Waals surface area contributed by atoms with E-state index in [1.807, 2.05) is 0 Å². The highest BCUT2D eigenvalue weighted by atomic mass is 16.5. The minimum absolute atomic E-state index is 0.0135. The molecular weight excluding hydrogens is 264 g/mol. The highest BCUT2D eigenvalue weighted by Crippen LogP contribution is 2.38. The fourth-order valence-corrected chi connectivity index (χ4v) is 2.52. The highest BCUT2D eigenvalue weighted by Gasteiger charge is 2.41. The number of carbonyl (C=O) groups excluding carboxylic acids is 1. The number of hydrogen-bond donors (Lipinski definition) is 2. The van der Waals surface area contributed by atoms with E-state index in [-0.39, 0.29) is 30.3 Å². The Bertz CT molecular complexity index is 525. The maximum Gasteiger partial charge on any atom is 0.325 e. The molecule has 1 aliphatic carbocycles. The molecule has 0 radical (unpaired) electrons. The number of carbonyl (C=O) groups is 2. The Kier molecular flexibility index (Phi) is 3.39. The van der Waals surface area contributed by atoms with Gasteiger partial charge in [-0.3, -0.25) is 9.59 Å². The van der Waals surface area contributed by atoms with Gasteiger partial charge < -0.3 is 15.2 Å². The van der Waals surface area contributed by atoms with Gasteiger partial charge in [0.1, 0.15) is 6.54 Å². The maximum atomic E-state index is 12.1. The largest absolute Gasteiger partial charge is 0.480 e. The molecule has 108 valence electrons. The summed E-state index contributed by atoms with van der Waals surface area (Å²) in [5, 5.41) is 18.9. The van der Waals surface area contributed by atoms with E-state index in [1.54, 1.807) is 0 Å². The predicted molar refractivity (Wildman–Crippen MR) is 66.0 cm³/mol. The molecule has 1 saturated heterocycles. The Morgan fingerprint density at radius 3 is 2.95 bits per heavy atom. The summed E-state index contributed by atoms with van der Waals surface area (Å²) < 4.78 is 6.78. The van der Waals surface area contributed by atoms with Gasteiger partial charge in [-0.15, -0.1) is 5.10 Å². The Hall–Kier alpha value is -1.96. The molecule has 2 atom stereocenters. The van der Waals surface area contributed by atoms with Gasteiger partial charge in [0.05, 0.1) is 18.3 Å². The summed E-state index contributed by atoms with van der Waals surface area (Å²) in [6.45, 7) is 0.356. The second-order valence-electron chi connectivity index (χ2n) is 5.24. The molecule has 3 rings (SSSR count). The summed E-state index contributed by atoms with van der Waals surface area (Å²) in [5.41, 5.74) is 0.132. The van der Waals surface area contributed by atoms with Crippen LogP contribution in [0.25, 0.3) is 0 Å². The molecule has 0 aromatic carbocycles. The Morgan fingerprint density at radius 1 is 1.45 bits per heavy atom. The minimum atomic E-state index is -1.03. The number of hydrogen-bond acceptors (Lipinski definition) is 5. The van der Waals surface area contributed by atoms with Crippen LogP contribution >= 0.6 is 0 Å². The van der Waals surface area contributed by atoms with Crippen LogP contribution in [0.15, 0.2) is 6.20 Å². The highest BCUT2D eigenvalue weighted by molar-refractivity contribution is 5.92. The van der Waals surface area contributed by atoms with Gasteiger partial charge in [0, 0.05) is 6.61 Å². The Morgan fingerprint density at radius 2 is 2.25 bits per heavy atom. The van der Waals surface area contributed by atoms with Crippen molar-refractivity contribution in [3.63, 3.8) is 0 Å². The van der Waals surface area contributed by atoms with E-state index in [9.17, 15) is 9.59 Å². The third-order valence-electron chi connectivity index (χ3n) is 3.61. The van der Waals surface area contributed by atoms with Crippen molar-refractivity contribution in [1.29, 1.82) is 0 Å². The molecule has 1 aromatic heterocycles. The fraction of sp³-hybridized carbons (Fsp3) is 0.667.